The Balaban J connectivity index is 1.61. The standard InChI is InChI=1S/C20H14ClFN2OS/c21-13-5-8-18-15(10-13)17-11-16(19-2-1-9-26-19)23-24(17)20(25-18)12-3-6-14(22)7-4-12/h1-10,17,20H,11H2/t17-,20+/m0/s1. The zero-order valence-electron chi connectivity index (χ0n) is 13.6. The third-order valence-electron chi connectivity index (χ3n) is 4.71. The molecule has 3 nitrogen and oxygen atoms in total. The van der Waals surface area contributed by atoms with Crippen LogP contribution in [0.15, 0.2) is 65.1 Å². The van der Waals surface area contributed by atoms with E-state index in [1.54, 1.807) is 23.5 Å². The number of hydrazone groups is 1. The number of fused-ring (bicyclic) bond motifs is 3. The first-order chi connectivity index (χ1) is 12.7. The molecule has 5 rings (SSSR count). The van der Waals surface area contributed by atoms with Crippen LogP contribution < -0.4 is 4.74 Å². The van der Waals surface area contributed by atoms with Gasteiger partial charge in [-0.15, -0.1) is 11.3 Å². The van der Waals surface area contributed by atoms with E-state index in [0.29, 0.717) is 5.02 Å². The lowest BCUT2D eigenvalue weighted by Crippen LogP contribution is -2.33. The van der Waals surface area contributed by atoms with Crippen LogP contribution in [-0.2, 0) is 0 Å². The summed E-state index contributed by atoms with van der Waals surface area (Å²) >= 11 is 7.90. The highest BCUT2D eigenvalue weighted by molar-refractivity contribution is 7.12. The fraction of sp³-hybridized carbons (Fsp3) is 0.150. The Hall–Kier alpha value is -2.37. The van der Waals surface area contributed by atoms with Crippen LogP contribution in [0.3, 0.4) is 0 Å². The second-order valence-electron chi connectivity index (χ2n) is 6.33. The molecule has 1 aromatic heterocycles. The van der Waals surface area contributed by atoms with Gasteiger partial charge in [0, 0.05) is 22.6 Å². The number of thiophene rings is 1. The first-order valence-corrected chi connectivity index (χ1v) is 9.56. The molecule has 0 aliphatic carbocycles. The van der Waals surface area contributed by atoms with Crippen molar-refractivity contribution in [1.29, 1.82) is 0 Å². The highest BCUT2D eigenvalue weighted by atomic mass is 35.5. The van der Waals surface area contributed by atoms with Crippen molar-refractivity contribution in [2.75, 3.05) is 0 Å². The summed E-state index contributed by atoms with van der Waals surface area (Å²) in [5.74, 6) is 0.532. The van der Waals surface area contributed by atoms with Gasteiger partial charge in [0.15, 0.2) is 0 Å². The van der Waals surface area contributed by atoms with Crippen molar-refractivity contribution >= 4 is 28.6 Å². The van der Waals surface area contributed by atoms with Gasteiger partial charge in [-0.05, 0) is 41.8 Å². The molecule has 2 aromatic carbocycles. The van der Waals surface area contributed by atoms with Gasteiger partial charge in [-0.1, -0.05) is 29.8 Å². The summed E-state index contributed by atoms with van der Waals surface area (Å²) in [6.45, 7) is 0. The summed E-state index contributed by atoms with van der Waals surface area (Å²) in [6.07, 6.45) is 0.390. The molecule has 2 atom stereocenters. The van der Waals surface area contributed by atoms with Gasteiger partial charge in [0.1, 0.15) is 11.6 Å². The van der Waals surface area contributed by atoms with E-state index in [1.807, 2.05) is 34.7 Å². The minimum atomic E-state index is -0.397. The molecular weight excluding hydrogens is 371 g/mol. The maximum absolute atomic E-state index is 13.4. The lowest BCUT2D eigenvalue weighted by atomic mass is 9.97. The molecule has 2 aliphatic rings. The van der Waals surface area contributed by atoms with Crippen molar-refractivity contribution in [3.8, 4) is 5.75 Å². The number of rotatable bonds is 2. The normalized spacial score (nSPS) is 21.0. The molecule has 0 saturated heterocycles. The molecule has 3 heterocycles. The molecule has 130 valence electrons. The molecule has 0 N–H and O–H groups in total. The summed E-state index contributed by atoms with van der Waals surface area (Å²) in [4.78, 5) is 1.15. The maximum atomic E-state index is 13.4. The van der Waals surface area contributed by atoms with Crippen LogP contribution >= 0.6 is 22.9 Å². The van der Waals surface area contributed by atoms with E-state index in [0.717, 1.165) is 33.9 Å². The van der Waals surface area contributed by atoms with Crippen LogP contribution in [-0.4, -0.2) is 10.7 Å². The molecule has 0 fully saturated rings. The van der Waals surface area contributed by atoms with E-state index in [1.165, 1.54) is 12.1 Å². The van der Waals surface area contributed by atoms with Gasteiger partial charge in [-0.3, -0.25) is 0 Å². The molecule has 0 radical (unpaired) electrons. The molecule has 0 unspecified atom stereocenters. The van der Waals surface area contributed by atoms with Gasteiger partial charge in [-0.25, -0.2) is 9.40 Å². The average molecular weight is 385 g/mol. The molecular formula is C20H14ClFN2OS. The fourth-order valence-electron chi connectivity index (χ4n) is 3.50. The highest BCUT2D eigenvalue weighted by Crippen LogP contribution is 2.48. The second kappa shape index (κ2) is 6.11. The van der Waals surface area contributed by atoms with Gasteiger partial charge in [0.2, 0.25) is 6.23 Å². The Labute approximate surface area is 159 Å². The first-order valence-electron chi connectivity index (χ1n) is 8.30. The monoisotopic (exact) mass is 384 g/mol. The lowest BCUT2D eigenvalue weighted by Gasteiger charge is -2.38. The number of halogens is 2. The Kier molecular flexibility index (Phi) is 3.72. The van der Waals surface area contributed by atoms with Crippen molar-refractivity contribution in [2.24, 2.45) is 5.10 Å². The van der Waals surface area contributed by atoms with E-state index >= 15 is 0 Å². The predicted octanol–water partition coefficient (Wildman–Crippen LogP) is 5.78. The summed E-state index contributed by atoms with van der Waals surface area (Å²) in [6, 6.07) is 16.2. The van der Waals surface area contributed by atoms with Crippen molar-refractivity contribution in [3.05, 3.63) is 86.8 Å². The second-order valence-corrected chi connectivity index (χ2v) is 7.71. The van der Waals surface area contributed by atoms with Crippen molar-refractivity contribution in [3.63, 3.8) is 0 Å². The minimum absolute atomic E-state index is 0.0459. The third-order valence-corrected chi connectivity index (χ3v) is 5.87. The van der Waals surface area contributed by atoms with Gasteiger partial charge < -0.3 is 4.74 Å². The largest absolute Gasteiger partial charge is 0.464 e. The number of ether oxygens (including phenoxy) is 1. The van der Waals surface area contributed by atoms with E-state index in [9.17, 15) is 4.39 Å². The SMILES string of the molecule is Fc1ccc([C@H]2Oc3ccc(Cl)cc3[C@@H]3CC(c4cccs4)=NN23)cc1. The maximum Gasteiger partial charge on any atom is 0.213 e. The highest BCUT2D eigenvalue weighted by Gasteiger charge is 2.41. The Morgan fingerprint density at radius 3 is 2.77 bits per heavy atom. The zero-order chi connectivity index (χ0) is 17.7. The summed E-state index contributed by atoms with van der Waals surface area (Å²) in [5.41, 5.74) is 2.94. The number of nitrogens with zero attached hydrogens (tertiary/aromatic N) is 2. The average Bonchev–Trinajstić information content (AvgIpc) is 3.32. The van der Waals surface area contributed by atoms with Crippen molar-refractivity contribution in [2.45, 2.75) is 18.7 Å². The number of hydrogen-bond donors (Lipinski definition) is 0. The summed E-state index contributed by atoms with van der Waals surface area (Å²) < 4.78 is 19.6. The smallest absolute Gasteiger partial charge is 0.213 e. The molecule has 2 aliphatic heterocycles. The molecule has 6 heteroatoms. The van der Waals surface area contributed by atoms with E-state index in [4.69, 9.17) is 21.4 Å². The van der Waals surface area contributed by atoms with Crippen LogP contribution in [0.1, 0.15) is 34.7 Å². The lowest BCUT2D eigenvalue weighted by molar-refractivity contribution is -0.0190. The Morgan fingerprint density at radius 1 is 1.15 bits per heavy atom. The Morgan fingerprint density at radius 2 is 2.00 bits per heavy atom. The van der Waals surface area contributed by atoms with Crippen LogP contribution in [0.5, 0.6) is 5.75 Å². The topological polar surface area (TPSA) is 24.8 Å². The summed E-state index contributed by atoms with van der Waals surface area (Å²) in [7, 11) is 0. The van der Waals surface area contributed by atoms with Crippen LogP contribution in [0.4, 0.5) is 4.39 Å². The molecule has 0 bridgehead atoms. The Bertz CT molecular complexity index is 988. The van der Waals surface area contributed by atoms with Crippen LogP contribution in [0.25, 0.3) is 0 Å². The molecule has 26 heavy (non-hydrogen) atoms. The van der Waals surface area contributed by atoms with E-state index in [2.05, 4.69) is 6.07 Å². The number of hydrogen-bond acceptors (Lipinski definition) is 4. The van der Waals surface area contributed by atoms with Crippen molar-refractivity contribution < 1.29 is 9.13 Å². The fourth-order valence-corrected chi connectivity index (χ4v) is 4.40. The minimum Gasteiger partial charge on any atom is -0.464 e. The third kappa shape index (κ3) is 2.59. The molecule has 3 aromatic rings. The molecule has 0 spiro atoms. The zero-order valence-corrected chi connectivity index (χ0v) is 15.2. The van der Waals surface area contributed by atoms with Gasteiger partial charge in [0.25, 0.3) is 0 Å². The van der Waals surface area contributed by atoms with Crippen molar-refractivity contribution in [1.82, 2.24) is 5.01 Å². The van der Waals surface area contributed by atoms with Gasteiger partial charge in [-0.2, -0.15) is 5.10 Å². The van der Waals surface area contributed by atoms with E-state index in [-0.39, 0.29) is 11.9 Å². The van der Waals surface area contributed by atoms with E-state index < -0.39 is 6.23 Å². The predicted molar refractivity (Wildman–Crippen MR) is 101 cm³/mol. The first kappa shape index (κ1) is 15.9. The summed E-state index contributed by atoms with van der Waals surface area (Å²) in [5, 5.41) is 9.56. The van der Waals surface area contributed by atoms with Crippen LogP contribution in [0, 0.1) is 5.82 Å². The number of benzene rings is 2. The molecule has 0 amide bonds. The van der Waals surface area contributed by atoms with Crippen LogP contribution in [0.2, 0.25) is 5.02 Å². The quantitative estimate of drug-likeness (QED) is 0.559. The van der Waals surface area contributed by atoms with Gasteiger partial charge in [0.05, 0.1) is 16.6 Å². The van der Waals surface area contributed by atoms with Gasteiger partial charge >= 0.3 is 0 Å². The molecule has 0 saturated carbocycles.